The van der Waals surface area contributed by atoms with Crippen LogP contribution in [-0.4, -0.2) is 29.4 Å². The summed E-state index contributed by atoms with van der Waals surface area (Å²) < 4.78 is 26.4. The van der Waals surface area contributed by atoms with E-state index in [0.717, 1.165) is 32.1 Å². The highest BCUT2D eigenvalue weighted by molar-refractivity contribution is 5.90. The molecule has 0 amide bonds. The molecule has 1 aliphatic rings. The van der Waals surface area contributed by atoms with Gasteiger partial charge in [0.2, 0.25) is 0 Å². The van der Waals surface area contributed by atoms with E-state index < -0.39 is 17.4 Å². The van der Waals surface area contributed by atoms with Gasteiger partial charge in [0, 0.05) is 11.0 Å². The molecule has 4 nitrogen and oxygen atoms in total. The van der Waals surface area contributed by atoms with Crippen molar-refractivity contribution in [2.45, 2.75) is 84.8 Å². The van der Waals surface area contributed by atoms with Crippen molar-refractivity contribution >= 4 is 5.97 Å². The van der Waals surface area contributed by atoms with Crippen LogP contribution in [0.2, 0.25) is 0 Å². The fourth-order valence-corrected chi connectivity index (χ4v) is 3.41. The molecule has 0 spiro atoms. The van der Waals surface area contributed by atoms with Crippen LogP contribution in [0.25, 0.3) is 0 Å². The smallest absolute Gasteiger partial charge is 0.341 e. The van der Waals surface area contributed by atoms with Crippen LogP contribution in [0.4, 0.5) is 4.39 Å². The normalized spacial score (nSPS) is 23.1. The molecule has 1 saturated carbocycles. The van der Waals surface area contributed by atoms with Crippen LogP contribution in [0.3, 0.4) is 0 Å². The number of halogens is 1. The summed E-state index contributed by atoms with van der Waals surface area (Å²) >= 11 is 0. The first kappa shape index (κ1) is 21.7. The maximum atomic E-state index is 15.0. The van der Waals surface area contributed by atoms with Crippen LogP contribution in [-0.2, 0) is 11.2 Å². The molecule has 1 aromatic carbocycles. The largest absolute Gasteiger partial charge is 0.493 e. The second kappa shape index (κ2) is 8.59. The first-order valence-corrected chi connectivity index (χ1v) is 9.90. The lowest BCUT2D eigenvalue weighted by Gasteiger charge is -2.35. The van der Waals surface area contributed by atoms with Crippen LogP contribution < -0.4 is 4.74 Å². The Kier molecular flexibility index (Phi) is 6.90. The van der Waals surface area contributed by atoms with E-state index in [1.807, 2.05) is 6.92 Å². The van der Waals surface area contributed by atoms with Crippen molar-refractivity contribution in [2.24, 2.45) is 5.41 Å². The van der Waals surface area contributed by atoms with E-state index >= 15 is 4.39 Å². The van der Waals surface area contributed by atoms with E-state index in [1.54, 1.807) is 26.8 Å². The van der Waals surface area contributed by atoms with Gasteiger partial charge >= 0.3 is 5.97 Å². The van der Waals surface area contributed by atoms with Crippen molar-refractivity contribution in [3.8, 4) is 5.75 Å². The highest BCUT2D eigenvalue weighted by Crippen LogP contribution is 2.37. The van der Waals surface area contributed by atoms with Crippen LogP contribution in [0.5, 0.6) is 5.75 Å². The maximum absolute atomic E-state index is 15.0. The van der Waals surface area contributed by atoms with E-state index in [-0.39, 0.29) is 17.1 Å². The number of ether oxygens (including phenoxy) is 2. The Hall–Kier alpha value is -1.62. The van der Waals surface area contributed by atoms with Gasteiger partial charge in [-0.05, 0) is 65.0 Å². The molecule has 0 saturated heterocycles. The molecular formula is C22H33FO4. The molecule has 1 N–H and O–H groups in total. The Labute approximate surface area is 162 Å². The molecular weight excluding hydrogens is 347 g/mol. The lowest BCUT2D eigenvalue weighted by Crippen LogP contribution is -2.32. The predicted octanol–water partition coefficient (Wildman–Crippen LogP) is 5.05. The van der Waals surface area contributed by atoms with Gasteiger partial charge in [0.25, 0.3) is 0 Å². The lowest BCUT2D eigenvalue weighted by molar-refractivity contribution is 0.00642. The zero-order valence-corrected chi connectivity index (χ0v) is 17.2. The quantitative estimate of drug-likeness (QED) is 0.702. The van der Waals surface area contributed by atoms with Gasteiger partial charge in [0.1, 0.15) is 17.2 Å². The molecule has 0 aromatic heterocycles. The molecule has 1 aliphatic carbocycles. The van der Waals surface area contributed by atoms with E-state index in [2.05, 4.69) is 6.92 Å². The number of aliphatic hydroxyl groups is 1. The van der Waals surface area contributed by atoms with Gasteiger partial charge in [-0.3, -0.25) is 0 Å². The summed E-state index contributed by atoms with van der Waals surface area (Å²) in [6.07, 6.45) is 4.33. The van der Waals surface area contributed by atoms with Crippen LogP contribution in [0, 0.1) is 11.2 Å². The number of benzene rings is 1. The number of hydrogen-bond donors (Lipinski definition) is 1. The van der Waals surface area contributed by atoms with E-state index in [0.29, 0.717) is 24.3 Å². The Morgan fingerprint density at radius 1 is 1.30 bits per heavy atom. The van der Waals surface area contributed by atoms with Gasteiger partial charge in [-0.15, -0.1) is 0 Å². The van der Waals surface area contributed by atoms with E-state index in [4.69, 9.17) is 9.47 Å². The third-order valence-electron chi connectivity index (χ3n) is 5.06. The Balaban J connectivity index is 2.19. The topological polar surface area (TPSA) is 55.8 Å². The molecule has 152 valence electrons. The van der Waals surface area contributed by atoms with Gasteiger partial charge in [-0.25, -0.2) is 9.18 Å². The van der Waals surface area contributed by atoms with Crippen molar-refractivity contribution in [3.05, 3.63) is 29.1 Å². The zero-order valence-electron chi connectivity index (χ0n) is 17.2. The maximum Gasteiger partial charge on any atom is 0.341 e. The monoisotopic (exact) mass is 380 g/mol. The molecule has 1 fully saturated rings. The van der Waals surface area contributed by atoms with Gasteiger partial charge < -0.3 is 14.6 Å². The second-order valence-corrected chi connectivity index (χ2v) is 8.99. The second-order valence-electron chi connectivity index (χ2n) is 8.99. The fraction of sp³-hybridized carbons (Fsp3) is 0.682. The number of aliphatic hydroxyl groups excluding tert-OH is 1. The molecule has 0 aliphatic heterocycles. The molecule has 0 radical (unpaired) electrons. The lowest BCUT2D eigenvalue weighted by atomic mass is 9.75. The summed E-state index contributed by atoms with van der Waals surface area (Å²) in [6, 6.07) is 3.12. The first-order chi connectivity index (χ1) is 12.5. The summed E-state index contributed by atoms with van der Waals surface area (Å²) in [5.41, 5.74) is -0.319. The number of hydrogen-bond acceptors (Lipinski definition) is 4. The highest BCUT2D eigenvalue weighted by atomic mass is 19.1. The minimum Gasteiger partial charge on any atom is -0.493 e. The van der Waals surface area contributed by atoms with Gasteiger partial charge in [0.05, 0.1) is 18.3 Å². The van der Waals surface area contributed by atoms with E-state index in [9.17, 15) is 9.90 Å². The van der Waals surface area contributed by atoms with Crippen molar-refractivity contribution in [3.63, 3.8) is 0 Å². The first-order valence-electron chi connectivity index (χ1n) is 9.90. The van der Waals surface area contributed by atoms with Gasteiger partial charge in [-0.2, -0.15) is 0 Å². The van der Waals surface area contributed by atoms with Crippen molar-refractivity contribution < 1.29 is 23.8 Å². The zero-order chi connectivity index (χ0) is 20.2. The number of carbonyl (C=O) groups is 1. The van der Waals surface area contributed by atoms with Crippen LogP contribution in [0.15, 0.2) is 12.1 Å². The molecule has 2 rings (SSSR count). The number of rotatable bonds is 6. The molecule has 27 heavy (non-hydrogen) atoms. The third kappa shape index (κ3) is 5.93. The molecule has 0 bridgehead atoms. The predicted molar refractivity (Wildman–Crippen MR) is 104 cm³/mol. The summed E-state index contributed by atoms with van der Waals surface area (Å²) in [4.78, 5) is 12.3. The molecule has 5 heteroatoms. The van der Waals surface area contributed by atoms with Crippen LogP contribution in [0.1, 0.15) is 82.6 Å². The highest BCUT2D eigenvalue weighted by Gasteiger charge is 2.32. The molecule has 0 heterocycles. The summed E-state index contributed by atoms with van der Waals surface area (Å²) in [7, 11) is 0. The Morgan fingerprint density at radius 3 is 2.48 bits per heavy atom. The molecule has 1 aromatic rings. The Morgan fingerprint density at radius 2 is 1.93 bits per heavy atom. The summed E-state index contributed by atoms with van der Waals surface area (Å²) in [6.45, 7) is 9.86. The Bertz CT molecular complexity index is 655. The standard InChI is InChI=1S/C22H33FO4/c1-6-7-16-18(26-14-22(5)12-10-15(24)11-13-22)9-8-17(19(16)23)20(25)27-21(2,3)4/h8-9,15,24H,6-7,10-14H2,1-5H3. The van der Waals surface area contributed by atoms with Crippen molar-refractivity contribution in [1.29, 1.82) is 0 Å². The number of esters is 1. The van der Waals surface area contributed by atoms with E-state index in [1.165, 1.54) is 6.07 Å². The van der Waals surface area contributed by atoms with Gasteiger partial charge in [-0.1, -0.05) is 20.3 Å². The molecule has 0 atom stereocenters. The van der Waals surface area contributed by atoms with Gasteiger partial charge in [0.15, 0.2) is 0 Å². The SMILES string of the molecule is CCCc1c(OCC2(C)CCC(O)CC2)ccc(C(=O)OC(C)(C)C)c1F. The summed E-state index contributed by atoms with van der Waals surface area (Å²) in [5.74, 6) is -0.709. The third-order valence-corrected chi connectivity index (χ3v) is 5.06. The number of carbonyl (C=O) groups excluding carboxylic acids is 1. The minimum atomic E-state index is -0.677. The van der Waals surface area contributed by atoms with Crippen LogP contribution >= 0.6 is 0 Å². The van der Waals surface area contributed by atoms with Crippen molar-refractivity contribution in [1.82, 2.24) is 0 Å². The van der Waals surface area contributed by atoms with Crippen molar-refractivity contribution in [2.75, 3.05) is 6.61 Å². The molecule has 0 unspecified atom stereocenters. The minimum absolute atomic E-state index is 0.0248. The fourth-order valence-electron chi connectivity index (χ4n) is 3.41. The average Bonchev–Trinajstić information content (AvgIpc) is 2.57. The summed E-state index contributed by atoms with van der Waals surface area (Å²) in [5, 5.41) is 9.71. The average molecular weight is 381 g/mol.